The van der Waals surface area contributed by atoms with E-state index in [2.05, 4.69) is 18.8 Å². The number of aromatic nitrogens is 1. The van der Waals surface area contributed by atoms with Crippen molar-refractivity contribution in [3.05, 3.63) is 65.5 Å². The second kappa shape index (κ2) is 8.32. The quantitative estimate of drug-likeness (QED) is 0.771. The average molecular weight is 296 g/mol. The van der Waals surface area contributed by atoms with Crippen molar-refractivity contribution in [2.75, 3.05) is 6.54 Å². The van der Waals surface area contributed by atoms with Gasteiger partial charge in [0, 0.05) is 31.0 Å². The van der Waals surface area contributed by atoms with Crippen molar-refractivity contribution >= 4 is 5.91 Å². The van der Waals surface area contributed by atoms with Crippen LogP contribution in [0.15, 0.2) is 48.8 Å². The van der Waals surface area contributed by atoms with Gasteiger partial charge in [0.05, 0.1) is 0 Å². The van der Waals surface area contributed by atoms with Gasteiger partial charge in [0.25, 0.3) is 5.91 Å². The molecule has 0 aliphatic rings. The average Bonchev–Trinajstić information content (AvgIpc) is 2.58. The Morgan fingerprint density at radius 1 is 1.14 bits per heavy atom. The van der Waals surface area contributed by atoms with Crippen molar-refractivity contribution in [3.8, 4) is 0 Å². The van der Waals surface area contributed by atoms with Crippen molar-refractivity contribution in [2.45, 2.75) is 39.7 Å². The molecule has 1 heterocycles. The van der Waals surface area contributed by atoms with Crippen LogP contribution < -0.4 is 0 Å². The van der Waals surface area contributed by atoms with Crippen LogP contribution in [0.4, 0.5) is 0 Å². The van der Waals surface area contributed by atoms with Gasteiger partial charge < -0.3 is 4.90 Å². The molecule has 0 aliphatic heterocycles. The van der Waals surface area contributed by atoms with Gasteiger partial charge >= 0.3 is 0 Å². The molecule has 0 saturated heterocycles. The summed E-state index contributed by atoms with van der Waals surface area (Å²) in [5.74, 6) is 0.120. The number of hydrogen-bond donors (Lipinski definition) is 0. The normalized spacial score (nSPS) is 10.5. The summed E-state index contributed by atoms with van der Waals surface area (Å²) in [5.41, 5.74) is 3.01. The molecule has 2 rings (SSSR count). The van der Waals surface area contributed by atoms with Crippen LogP contribution in [0.5, 0.6) is 0 Å². The number of benzene rings is 1. The third-order valence-corrected chi connectivity index (χ3v) is 3.79. The van der Waals surface area contributed by atoms with E-state index in [1.807, 2.05) is 47.5 Å². The van der Waals surface area contributed by atoms with Crippen molar-refractivity contribution in [1.82, 2.24) is 9.88 Å². The van der Waals surface area contributed by atoms with E-state index in [1.54, 1.807) is 6.20 Å². The zero-order chi connectivity index (χ0) is 15.8. The van der Waals surface area contributed by atoms with Gasteiger partial charge in [-0.05, 0) is 36.1 Å². The fourth-order valence-corrected chi connectivity index (χ4v) is 2.52. The Labute approximate surface area is 133 Å². The van der Waals surface area contributed by atoms with Gasteiger partial charge in [-0.2, -0.15) is 0 Å². The molecule has 1 amide bonds. The van der Waals surface area contributed by atoms with E-state index < -0.39 is 0 Å². The van der Waals surface area contributed by atoms with E-state index in [4.69, 9.17) is 0 Å². The first-order valence-corrected chi connectivity index (χ1v) is 8.02. The van der Waals surface area contributed by atoms with Crippen molar-refractivity contribution < 1.29 is 4.79 Å². The zero-order valence-corrected chi connectivity index (χ0v) is 13.5. The number of nitrogens with zero attached hydrogens (tertiary/aromatic N) is 2. The number of carbonyl (C=O) groups excluding carboxylic acids is 1. The minimum atomic E-state index is 0.120. The highest BCUT2D eigenvalue weighted by Crippen LogP contribution is 2.15. The molecule has 0 aliphatic carbocycles. The molecule has 0 spiro atoms. The van der Waals surface area contributed by atoms with E-state index in [0.29, 0.717) is 6.54 Å². The summed E-state index contributed by atoms with van der Waals surface area (Å²) in [6.07, 6.45) is 6.55. The van der Waals surface area contributed by atoms with Crippen molar-refractivity contribution in [1.29, 1.82) is 0 Å². The minimum Gasteiger partial charge on any atom is -0.334 e. The van der Waals surface area contributed by atoms with Gasteiger partial charge in [0.15, 0.2) is 0 Å². The Morgan fingerprint density at radius 3 is 2.64 bits per heavy atom. The molecule has 116 valence electrons. The number of carbonyl (C=O) groups is 1. The van der Waals surface area contributed by atoms with Gasteiger partial charge in [-0.25, -0.2) is 0 Å². The molecule has 0 saturated carbocycles. The number of hydrogen-bond acceptors (Lipinski definition) is 2. The molecule has 0 bridgehead atoms. The molecule has 1 aromatic carbocycles. The molecule has 3 heteroatoms. The smallest absolute Gasteiger partial charge is 0.254 e. The number of pyridine rings is 1. The Hall–Kier alpha value is -2.16. The molecule has 0 N–H and O–H groups in total. The summed E-state index contributed by atoms with van der Waals surface area (Å²) < 4.78 is 0. The molecule has 0 atom stereocenters. The second-order valence-corrected chi connectivity index (χ2v) is 5.45. The van der Waals surface area contributed by atoms with Crippen molar-refractivity contribution in [3.63, 3.8) is 0 Å². The monoisotopic (exact) mass is 296 g/mol. The molecule has 3 nitrogen and oxygen atoms in total. The third-order valence-electron chi connectivity index (χ3n) is 3.79. The third kappa shape index (κ3) is 4.17. The van der Waals surface area contributed by atoms with Gasteiger partial charge in [-0.3, -0.25) is 9.78 Å². The molecule has 1 aromatic heterocycles. The fraction of sp³-hybridized carbons (Fsp3) is 0.368. The maximum atomic E-state index is 12.9. The number of unbranched alkanes of at least 4 members (excludes halogenated alkanes) is 1. The fourth-order valence-electron chi connectivity index (χ4n) is 2.52. The Morgan fingerprint density at radius 2 is 1.95 bits per heavy atom. The van der Waals surface area contributed by atoms with Gasteiger partial charge in [0.1, 0.15) is 0 Å². The predicted octanol–water partition coefficient (Wildman–Crippen LogP) is 4.09. The first-order chi connectivity index (χ1) is 10.8. The highest BCUT2D eigenvalue weighted by molar-refractivity contribution is 5.95. The number of rotatable bonds is 7. The number of amides is 1. The topological polar surface area (TPSA) is 33.2 Å². The molecule has 0 unspecified atom stereocenters. The standard InChI is InChI=1S/C19H24N2O/c1-3-5-13-21(15-16-9-8-12-20-14-16)19(22)18-11-7-6-10-17(18)4-2/h6-12,14H,3-5,13,15H2,1-2H3. The number of aryl methyl sites for hydroxylation is 1. The van der Waals surface area contributed by atoms with Crippen LogP contribution in [0, 0.1) is 0 Å². The summed E-state index contributed by atoms with van der Waals surface area (Å²) in [4.78, 5) is 19.0. The second-order valence-electron chi connectivity index (χ2n) is 5.45. The molecule has 0 fully saturated rings. The first kappa shape index (κ1) is 16.2. The van der Waals surface area contributed by atoms with E-state index >= 15 is 0 Å². The van der Waals surface area contributed by atoms with Crippen LogP contribution in [-0.2, 0) is 13.0 Å². The van der Waals surface area contributed by atoms with Crippen LogP contribution in [0.2, 0.25) is 0 Å². The molecule has 2 aromatic rings. The largest absolute Gasteiger partial charge is 0.334 e. The lowest BCUT2D eigenvalue weighted by Crippen LogP contribution is -2.32. The molecular weight excluding hydrogens is 272 g/mol. The summed E-state index contributed by atoms with van der Waals surface area (Å²) in [7, 11) is 0. The highest BCUT2D eigenvalue weighted by atomic mass is 16.2. The lowest BCUT2D eigenvalue weighted by Gasteiger charge is -2.23. The Bertz CT molecular complexity index is 595. The van der Waals surface area contributed by atoms with Crippen molar-refractivity contribution in [2.24, 2.45) is 0 Å². The molecule has 22 heavy (non-hydrogen) atoms. The highest BCUT2D eigenvalue weighted by Gasteiger charge is 2.18. The maximum absolute atomic E-state index is 12.9. The lowest BCUT2D eigenvalue weighted by atomic mass is 10.0. The van der Waals surface area contributed by atoms with Crippen LogP contribution in [-0.4, -0.2) is 22.3 Å². The van der Waals surface area contributed by atoms with Gasteiger partial charge in [0.2, 0.25) is 0 Å². The summed E-state index contributed by atoms with van der Waals surface area (Å²) in [6, 6.07) is 11.8. The van der Waals surface area contributed by atoms with E-state index in [1.165, 1.54) is 0 Å². The van der Waals surface area contributed by atoms with E-state index in [9.17, 15) is 4.79 Å². The predicted molar refractivity (Wildman–Crippen MR) is 89.7 cm³/mol. The Balaban J connectivity index is 2.22. The molecule has 0 radical (unpaired) electrons. The van der Waals surface area contributed by atoms with Crippen LogP contribution >= 0.6 is 0 Å². The van der Waals surface area contributed by atoms with Crippen LogP contribution in [0.3, 0.4) is 0 Å². The summed E-state index contributed by atoms with van der Waals surface area (Å²) in [6.45, 7) is 5.63. The SMILES string of the molecule is CCCCN(Cc1cccnc1)C(=O)c1ccccc1CC. The summed E-state index contributed by atoms with van der Waals surface area (Å²) >= 11 is 0. The maximum Gasteiger partial charge on any atom is 0.254 e. The van der Waals surface area contributed by atoms with Gasteiger partial charge in [-0.1, -0.05) is 44.5 Å². The van der Waals surface area contributed by atoms with E-state index in [0.717, 1.165) is 42.5 Å². The zero-order valence-electron chi connectivity index (χ0n) is 13.5. The lowest BCUT2D eigenvalue weighted by molar-refractivity contribution is 0.0739. The van der Waals surface area contributed by atoms with E-state index in [-0.39, 0.29) is 5.91 Å². The summed E-state index contributed by atoms with van der Waals surface area (Å²) in [5, 5.41) is 0. The van der Waals surface area contributed by atoms with Crippen LogP contribution in [0.1, 0.15) is 48.2 Å². The van der Waals surface area contributed by atoms with Crippen LogP contribution in [0.25, 0.3) is 0 Å². The molecular formula is C19H24N2O. The minimum absolute atomic E-state index is 0.120. The first-order valence-electron chi connectivity index (χ1n) is 8.02. The van der Waals surface area contributed by atoms with Gasteiger partial charge in [-0.15, -0.1) is 0 Å². The Kier molecular flexibility index (Phi) is 6.13.